The summed E-state index contributed by atoms with van der Waals surface area (Å²) in [5.74, 6) is 0.629. The number of ether oxygens (including phenoxy) is 1. The summed E-state index contributed by atoms with van der Waals surface area (Å²) < 4.78 is 5.26. The van der Waals surface area contributed by atoms with Crippen molar-refractivity contribution in [3.8, 4) is 5.88 Å². The Morgan fingerprint density at radius 1 is 1.50 bits per heavy atom. The van der Waals surface area contributed by atoms with Crippen LogP contribution >= 0.6 is 0 Å². The van der Waals surface area contributed by atoms with Gasteiger partial charge in [0.2, 0.25) is 5.88 Å². The van der Waals surface area contributed by atoms with Crippen LogP contribution in [0.25, 0.3) is 0 Å². The van der Waals surface area contributed by atoms with Crippen molar-refractivity contribution in [3.05, 3.63) is 17.6 Å². The summed E-state index contributed by atoms with van der Waals surface area (Å²) in [6.45, 7) is 4.81. The Balaban J connectivity index is 1.61. The summed E-state index contributed by atoms with van der Waals surface area (Å²) in [4.78, 5) is 11.1. The van der Waals surface area contributed by atoms with Crippen molar-refractivity contribution in [2.45, 2.75) is 32.4 Å². The minimum absolute atomic E-state index is 0.0687. The van der Waals surface area contributed by atoms with E-state index in [0.717, 1.165) is 43.9 Å². The average molecular weight is 249 g/mol. The molecular formula is C13H19N3O2. The molecule has 0 radical (unpaired) electrons. The van der Waals surface area contributed by atoms with Crippen molar-refractivity contribution >= 4 is 0 Å². The summed E-state index contributed by atoms with van der Waals surface area (Å²) in [5.41, 5.74) is 2.17. The molecule has 0 bridgehead atoms. The van der Waals surface area contributed by atoms with Crippen molar-refractivity contribution in [3.63, 3.8) is 0 Å². The Labute approximate surface area is 107 Å². The van der Waals surface area contributed by atoms with Gasteiger partial charge in [0.05, 0.1) is 18.9 Å². The van der Waals surface area contributed by atoms with Gasteiger partial charge in [-0.1, -0.05) is 0 Å². The zero-order valence-electron chi connectivity index (χ0n) is 10.9. The Kier molecular flexibility index (Phi) is 2.75. The SMILES string of the molecule is COc1nc(C)cnc1CN1CC2(CC(O)C2)C1. The van der Waals surface area contributed by atoms with E-state index >= 15 is 0 Å². The molecule has 18 heavy (non-hydrogen) atoms. The number of aliphatic hydroxyl groups excluding tert-OH is 1. The Morgan fingerprint density at radius 3 is 2.83 bits per heavy atom. The molecule has 1 aliphatic carbocycles. The molecule has 98 valence electrons. The zero-order valence-corrected chi connectivity index (χ0v) is 10.9. The van der Waals surface area contributed by atoms with Gasteiger partial charge in [0, 0.05) is 31.2 Å². The van der Waals surface area contributed by atoms with Crippen molar-refractivity contribution in [2.75, 3.05) is 20.2 Å². The molecule has 3 rings (SSSR count). The number of likely N-dealkylation sites (tertiary alicyclic amines) is 1. The summed E-state index contributed by atoms with van der Waals surface area (Å²) in [6.07, 6.45) is 3.63. The summed E-state index contributed by atoms with van der Waals surface area (Å²) in [6, 6.07) is 0. The van der Waals surface area contributed by atoms with E-state index in [1.54, 1.807) is 13.3 Å². The molecule has 1 saturated heterocycles. The van der Waals surface area contributed by atoms with Gasteiger partial charge in [0.15, 0.2) is 0 Å². The van der Waals surface area contributed by atoms with Gasteiger partial charge in [0.25, 0.3) is 0 Å². The third-order valence-electron chi connectivity index (χ3n) is 3.95. The second-order valence-electron chi connectivity index (χ2n) is 5.67. The van der Waals surface area contributed by atoms with E-state index in [2.05, 4.69) is 14.9 Å². The third-order valence-corrected chi connectivity index (χ3v) is 3.95. The maximum absolute atomic E-state index is 9.38. The average Bonchev–Trinajstić information content (AvgIpc) is 2.26. The predicted molar refractivity (Wildman–Crippen MR) is 66.3 cm³/mol. The molecule has 1 spiro atoms. The third kappa shape index (κ3) is 1.97. The summed E-state index contributed by atoms with van der Waals surface area (Å²) in [5, 5.41) is 9.38. The van der Waals surface area contributed by atoms with Crippen LogP contribution in [0.4, 0.5) is 0 Å². The minimum atomic E-state index is -0.0687. The first-order valence-corrected chi connectivity index (χ1v) is 6.37. The van der Waals surface area contributed by atoms with Crippen LogP contribution in [0, 0.1) is 12.3 Å². The quantitative estimate of drug-likeness (QED) is 0.856. The van der Waals surface area contributed by atoms with E-state index in [4.69, 9.17) is 4.74 Å². The van der Waals surface area contributed by atoms with Crippen LogP contribution < -0.4 is 4.74 Å². The molecule has 1 aliphatic heterocycles. The van der Waals surface area contributed by atoms with Crippen molar-refractivity contribution in [1.29, 1.82) is 0 Å². The number of aromatic nitrogens is 2. The Bertz CT molecular complexity index is 450. The monoisotopic (exact) mass is 249 g/mol. The van der Waals surface area contributed by atoms with E-state index in [1.165, 1.54) is 0 Å². The Morgan fingerprint density at radius 2 is 2.22 bits per heavy atom. The predicted octanol–water partition coefficient (Wildman–Crippen LogP) is 0.750. The summed E-state index contributed by atoms with van der Waals surface area (Å²) in [7, 11) is 1.63. The van der Waals surface area contributed by atoms with Crippen LogP contribution in [0.3, 0.4) is 0 Å². The van der Waals surface area contributed by atoms with Gasteiger partial charge in [-0.2, -0.15) is 0 Å². The standard InChI is InChI=1S/C13H19N3O2/c1-9-5-14-11(12(15-9)18-2)6-16-7-13(8-16)3-10(17)4-13/h5,10,17H,3-4,6-8H2,1-2H3. The highest BCUT2D eigenvalue weighted by atomic mass is 16.5. The highest BCUT2D eigenvalue weighted by Crippen LogP contribution is 2.48. The normalized spacial score (nSPS) is 22.6. The van der Waals surface area contributed by atoms with Crippen LogP contribution in [0.1, 0.15) is 24.2 Å². The highest BCUT2D eigenvalue weighted by Gasteiger charge is 2.51. The van der Waals surface area contributed by atoms with Gasteiger partial charge in [-0.05, 0) is 19.8 Å². The molecule has 2 fully saturated rings. The first kappa shape index (κ1) is 11.9. The Hall–Kier alpha value is -1.20. The lowest BCUT2D eigenvalue weighted by molar-refractivity contribution is -0.131. The van der Waals surface area contributed by atoms with Gasteiger partial charge in [-0.25, -0.2) is 4.98 Å². The van der Waals surface area contributed by atoms with Crippen LogP contribution in [-0.2, 0) is 6.54 Å². The molecule has 5 heteroatoms. The first-order chi connectivity index (χ1) is 8.60. The second-order valence-corrected chi connectivity index (χ2v) is 5.67. The molecule has 0 atom stereocenters. The molecule has 1 aromatic rings. The van der Waals surface area contributed by atoms with E-state index < -0.39 is 0 Å². The van der Waals surface area contributed by atoms with Crippen LogP contribution in [0.2, 0.25) is 0 Å². The number of aryl methyl sites for hydroxylation is 1. The molecular weight excluding hydrogens is 230 g/mol. The largest absolute Gasteiger partial charge is 0.480 e. The molecule has 0 amide bonds. The van der Waals surface area contributed by atoms with Gasteiger partial charge in [-0.3, -0.25) is 9.88 Å². The van der Waals surface area contributed by atoms with Crippen molar-refractivity contribution < 1.29 is 9.84 Å². The molecule has 5 nitrogen and oxygen atoms in total. The van der Waals surface area contributed by atoms with E-state index in [9.17, 15) is 5.11 Å². The first-order valence-electron chi connectivity index (χ1n) is 6.37. The fourth-order valence-electron chi connectivity index (χ4n) is 3.18. The molecule has 1 saturated carbocycles. The molecule has 1 N–H and O–H groups in total. The summed E-state index contributed by atoms with van der Waals surface area (Å²) >= 11 is 0. The topological polar surface area (TPSA) is 58.5 Å². The lowest BCUT2D eigenvalue weighted by atomic mass is 9.62. The van der Waals surface area contributed by atoms with Gasteiger partial charge in [-0.15, -0.1) is 0 Å². The van der Waals surface area contributed by atoms with Crippen LogP contribution in [0.15, 0.2) is 6.20 Å². The van der Waals surface area contributed by atoms with Crippen molar-refractivity contribution in [1.82, 2.24) is 14.9 Å². The zero-order chi connectivity index (χ0) is 12.8. The smallest absolute Gasteiger partial charge is 0.236 e. The number of nitrogens with zero attached hydrogens (tertiary/aromatic N) is 3. The van der Waals surface area contributed by atoms with Crippen LogP contribution in [-0.4, -0.2) is 46.3 Å². The molecule has 2 heterocycles. The number of hydrogen-bond donors (Lipinski definition) is 1. The maximum atomic E-state index is 9.38. The molecule has 0 aromatic carbocycles. The van der Waals surface area contributed by atoms with Gasteiger partial charge < -0.3 is 9.84 Å². The van der Waals surface area contributed by atoms with E-state index in [-0.39, 0.29) is 6.10 Å². The molecule has 2 aliphatic rings. The fourth-order valence-corrected chi connectivity index (χ4v) is 3.18. The number of methoxy groups -OCH3 is 1. The minimum Gasteiger partial charge on any atom is -0.480 e. The number of hydrogen-bond acceptors (Lipinski definition) is 5. The van der Waals surface area contributed by atoms with Crippen LogP contribution in [0.5, 0.6) is 5.88 Å². The molecule has 0 unspecified atom stereocenters. The van der Waals surface area contributed by atoms with Gasteiger partial charge >= 0.3 is 0 Å². The fraction of sp³-hybridized carbons (Fsp3) is 0.692. The van der Waals surface area contributed by atoms with E-state index in [0.29, 0.717) is 11.3 Å². The maximum Gasteiger partial charge on any atom is 0.236 e. The van der Waals surface area contributed by atoms with Gasteiger partial charge in [0.1, 0.15) is 5.69 Å². The lowest BCUT2D eigenvalue weighted by Gasteiger charge is -2.57. The lowest BCUT2D eigenvalue weighted by Crippen LogP contribution is -2.63. The number of rotatable bonds is 3. The number of aliphatic hydroxyl groups is 1. The van der Waals surface area contributed by atoms with E-state index in [1.807, 2.05) is 6.92 Å². The van der Waals surface area contributed by atoms with Crippen molar-refractivity contribution in [2.24, 2.45) is 5.41 Å². The highest BCUT2D eigenvalue weighted by molar-refractivity contribution is 5.20. The second kappa shape index (κ2) is 4.17. The molecule has 1 aromatic heterocycles.